The molecule has 8 rings (SSSR count). The number of alkyl halides is 3. The Morgan fingerprint density at radius 2 is 1.84 bits per heavy atom. The van der Waals surface area contributed by atoms with Crippen LogP contribution in [-0.4, -0.2) is 49.2 Å². The fourth-order valence-corrected chi connectivity index (χ4v) is 7.89. The number of halogens is 3. The Morgan fingerprint density at radius 1 is 1.02 bits per heavy atom. The first-order valence-electron chi connectivity index (χ1n) is 17.0. The van der Waals surface area contributed by atoms with Crippen LogP contribution in [-0.2, 0) is 26.3 Å². The van der Waals surface area contributed by atoms with E-state index >= 15 is 0 Å². The Kier molecular flexibility index (Phi) is 7.33. The number of pyridine rings is 1. The fraction of sp³-hybridized carbons (Fsp3) is 0.432. The Balaban J connectivity index is 1.22. The zero-order valence-corrected chi connectivity index (χ0v) is 27.6. The molecule has 1 saturated heterocycles. The molecular weight excluding hydrogens is 629 g/mol. The number of anilines is 2. The van der Waals surface area contributed by atoms with Crippen molar-refractivity contribution >= 4 is 17.5 Å². The van der Waals surface area contributed by atoms with Gasteiger partial charge in [0, 0.05) is 36.8 Å². The van der Waals surface area contributed by atoms with Crippen molar-refractivity contribution in [3.05, 3.63) is 76.6 Å². The molecule has 252 valence electrons. The number of nitrogens with one attached hydrogen (secondary N) is 1. The number of fused-ring (bicyclic) bond motifs is 1. The van der Waals surface area contributed by atoms with Gasteiger partial charge in [0.15, 0.2) is 5.82 Å². The summed E-state index contributed by atoms with van der Waals surface area (Å²) in [5.74, 6) is 0.826. The number of nitriles is 1. The van der Waals surface area contributed by atoms with Crippen LogP contribution in [0.4, 0.5) is 24.8 Å². The van der Waals surface area contributed by atoms with Gasteiger partial charge in [0.2, 0.25) is 0 Å². The van der Waals surface area contributed by atoms with E-state index in [1.807, 2.05) is 19.2 Å². The van der Waals surface area contributed by atoms with Gasteiger partial charge in [-0.05, 0) is 122 Å². The van der Waals surface area contributed by atoms with Gasteiger partial charge in [0.1, 0.15) is 18.0 Å². The summed E-state index contributed by atoms with van der Waals surface area (Å²) >= 11 is 0. The molecule has 4 aromatic rings. The third-order valence-corrected chi connectivity index (χ3v) is 11.2. The monoisotopic (exact) mass is 666 g/mol. The topological polar surface area (TPSA) is 103 Å². The molecule has 2 aromatic heterocycles. The standard InChI is InChI=1S/C37H37F3N8O/c1-3-36(7-4-8-36)44-31-16-25(27-13-23(18-41)5-6-26(27)33-45-42-22-46(33)2)17-32(43-31)48-20-29-28(34(48)49)14-24(15-30(29)37(38,39)40)19-47-12-11-35(21-47)9-10-35/h5-6,13-17,22H,3-4,7-12,19-21H2,1-2H3,(H,43,44). The fourth-order valence-electron chi connectivity index (χ4n) is 7.89. The summed E-state index contributed by atoms with van der Waals surface area (Å²) in [7, 11) is 1.82. The lowest BCUT2D eigenvalue weighted by atomic mass is 9.75. The second-order valence-corrected chi connectivity index (χ2v) is 14.4. The van der Waals surface area contributed by atoms with Crippen LogP contribution in [0.1, 0.15) is 84.5 Å². The number of carbonyl (C=O) groups is 1. The van der Waals surface area contributed by atoms with Crippen molar-refractivity contribution in [2.24, 2.45) is 12.5 Å². The lowest BCUT2D eigenvalue weighted by Crippen LogP contribution is -2.44. The van der Waals surface area contributed by atoms with E-state index in [0.29, 0.717) is 51.4 Å². The van der Waals surface area contributed by atoms with E-state index in [1.165, 1.54) is 23.8 Å². The number of aromatic nitrogens is 4. The van der Waals surface area contributed by atoms with Crippen molar-refractivity contribution in [2.45, 2.75) is 76.7 Å². The summed E-state index contributed by atoms with van der Waals surface area (Å²) in [5, 5.41) is 21.7. The molecule has 0 unspecified atom stereocenters. The van der Waals surface area contributed by atoms with Crippen LogP contribution in [0.3, 0.4) is 0 Å². The van der Waals surface area contributed by atoms with Gasteiger partial charge in [-0.25, -0.2) is 4.98 Å². The maximum absolute atomic E-state index is 14.6. The van der Waals surface area contributed by atoms with Crippen molar-refractivity contribution in [3.8, 4) is 28.6 Å². The number of nitrogens with zero attached hydrogens (tertiary/aromatic N) is 7. The van der Waals surface area contributed by atoms with Crippen molar-refractivity contribution in [2.75, 3.05) is 23.3 Å². The number of amides is 1. The zero-order chi connectivity index (χ0) is 34.1. The number of likely N-dealkylation sites (tertiary alicyclic amines) is 1. The predicted octanol–water partition coefficient (Wildman–Crippen LogP) is 7.33. The van der Waals surface area contributed by atoms with Gasteiger partial charge in [-0.3, -0.25) is 14.6 Å². The first-order chi connectivity index (χ1) is 23.5. The third kappa shape index (κ3) is 5.63. The van der Waals surface area contributed by atoms with E-state index < -0.39 is 17.6 Å². The Morgan fingerprint density at radius 3 is 2.47 bits per heavy atom. The highest BCUT2D eigenvalue weighted by atomic mass is 19.4. The highest BCUT2D eigenvalue weighted by molar-refractivity contribution is 6.10. The first-order valence-corrected chi connectivity index (χ1v) is 17.0. The minimum Gasteiger partial charge on any atom is -0.365 e. The molecule has 1 amide bonds. The number of carbonyl (C=O) groups excluding carboxylic acids is 1. The van der Waals surface area contributed by atoms with Crippen LogP contribution in [0.5, 0.6) is 0 Å². The Hall–Kier alpha value is -4.76. The second kappa shape index (κ2) is 11.4. The maximum Gasteiger partial charge on any atom is 0.416 e. The average Bonchev–Trinajstić information content (AvgIpc) is 3.32. The molecule has 3 fully saturated rings. The average molecular weight is 667 g/mol. The lowest BCUT2D eigenvalue weighted by molar-refractivity contribution is -0.138. The first kappa shape index (κ1) is 31.5. The minimum absolute atomic E-state index is 0.0293. The van der Waals surface area contributed by atoms with E-state index in [2.05, 4.69) is 33.4 Å². The molecule has 2 aliphatic heterocycles. The van der Waals surface area contributed by atoms with Crippen LogP contribution in [0.15, 0.2) is 48.8 Å². The van der Waals surface area contributed by atoms with Gasteiger partial charge in [-0.2, -0.15) is 18.4 Å². The molecule has 9 nitrogen and oxygen atoms in total. The number of hydrogen-bond donors (Lipinski definition) is 1. The van der Waals surface area contributed by atoms with E-state index in [9.17, 15) is 23.2 Å². The lowest BCUT2D eigenvalue weighted by Gasteiger charge is -2.42. The smallest absolute Gasteiger partial charge is 0.365 e. The van der Waals surface area contributed by atoms with E-state index in [-0.39, 0.29) is 29.0 Å². The number of aryl methyl sites for hydroxylation is 1. The van der Waals surface area contributed by atoms with Crippen molar-refractivity contribution < 1.29 is 18.0 Å². The summed E-state index contributed by atoms with van der Waals surface area (Å²) < 4.78 is 45.6. The summed E-state index contributed by atoms with van der Waals surface area (Å²) in [4.78, 5) is 22.6. The van der Waals surface area contributed by atoms with Crippen molar-refractivity contribution in [1.82, 2.24) is 24.6 Å². The van der Waals surface area contributed by atoms with Gasteiger partial charge < -0.3 is 9.88 Å². The van der Waals surface area contributed by atoms with Crippen LogP contribution in [0.25, 0.3) is 22.5 Å². The molecule has 4 heterocycles. The summed E-state index contributed by atoms with van der Waals surface area (Å²) in [5.41, 5.74) is 2.42. The summed E-state index contributed by atoms with van der Waals surface area (Å²) in [6.45, 7) is 3.99. The van der Waals surface area contributed by atoms with Crippen LogP contribution in [0, 0.1) is 16.7 Å². The molecule has 0 bridgehead atoms. The number of benzene rings is 2. The van der Waals surface area contributed by atoms with Crippen molar-refractivity contribution in [1.29, 1.82) is 5.26 Å². The van der Waals surface area contributed by atoms with E-state index in [1.54, 1.807) is 35.2 Å². The minimum atomic E-state index is -4.62. The molecule has 49 heavy (non-hydrogen) atoms. The van der Waals surface area contributed by atoms with Gasteiger partial charge in [0.25, 0.3) is 5.91 Å². The Bertz CT molecular complexity index is 2020. The SMILES string of the molecule is CCC1(Nc2cc(-c3cc(C#N)ccc3-c3nncn3C)cc(N3Cc4c(cc(CN5CCC6(CC6)C5)cc4C(F)(F)F)C3=O)n2)CCC1. The second-order valence-electron chi connectivity index (χ2n) is 14.4. The highest BCUT2D eigenvalue weighted by Crippen LogP contribution is 2.53. The molecule has 1 N–H and O–H groups in total. The molecule has 2 aromatic carbocycles. The number of hydrogen-bond acceptors (Lipinski definition) is 7. The highest BCUT2D eigenvalue weighted by Gasteiger charge is 2.48. The van der Waals surface area contributed by atoms with Crippen LogP contribution >= 0.6 is 0 Å². The summed E-state index contributed by atoms with van der Waals surface area (Å²) in [6, 6.07) is 14.0. The molecule has 2 saturated carbocycles. The molecule has 12 heteroatoms. The Labute approximate surface area is 282 Å². The molecule has 0 atom stereocenters. The van der Waals surface area contributed by atoms with Crippen LogP contribution in [0.2, 0.25) is 0 Å². The third-order valence-electron chi connectivity index (χ3n) is 11.2. The molecular formula is C37H37F3N8O. The van der Waals surface area contributed by atoms with Gasteiger partial charge in [-0.1, -0.05) is 6.92 Å². The van der Waals surface area contributed by atoms with Crippen molar-refractivity contribution in [3.63, 3.8) is 0 Å². The zero-order valence-electron chi connectivity index (χ0n) is 27.6. The summed E-state index contributed by atoms with van der Waals surface area (Å²) in [6.07, 6.45) is 4.26. The molecule has 0 radical (unpaired) electrons. The van der Waals surface area contributed by atoms with Gasteiger partial charge >= 0.3 is 6.18 Å². The van der Waals surface area contributed by atoms with E-state index in [0.717, 1.165) is 45.2 Å². The van der Waals surface area contributed by atoms with Gasteiger partial charge in [0.05, 0.1) is 23.7 Å². The van der Waals surface area contributed by atoms with E-state index in [4.69, 9.17) is 4.98 Å². The normalized spacial score (nSPS) is 19.2. The largest absolute Gasteiger partial charge is 0.416 e. The molecule has 4 aliphatic rings. The maximum atomic E-state index is 14.6. The van der Waals surface area contributed by atoms with Crippen LogP contribution < -0.4 is 10.2 Å². The molecule has 1 spiro atoms. The van der Waals surface area contributed by atoms with Gasteiger partial charge in [-0.15, -0.1) is 10.2 Å². The predicted molar refractivity (Wildman–Crippen MR) is 178 cm³/mol. The number of rotatable bonds is 8. The quantitative estimate of drug-likeness (QED) is 0.210. The molecule has 2 aliphatic carbocycles.